The van der Waals surface area contributed by atoms with Crippen molar-refractivity contribution in [3.8, 4) is 0 Å². The van der Waals surface area contributed by atoms with E-state index in [4.69, 9.17) is 22.2 Å². The molecule has 0 saturated carbocycles. The summed E-state index contributed by atoms with van der Waals surface area (Å²) in [6.07, 6.45) is -5.27. The van der Waals surface area contributed by atoms with Gasteiger partial charge in [-0.2, -0.15) is 0 Å². The van der Waals surface area contributed by atoms with Crippen LogP contribution in [0, 0.1) is 6.92 Å². The van der Waals surface area contributed by atoms with Crippen molar-refractivity contribution in [2.75, 3.05) is 11.1 Å². The van der Waals surface area contributed by atoms with Gasteiger partial charge in [0, 0.05) is 13.8 Å². The zero-order valence-corrected chi connectivity index (χ0v) is 16.4. The summed E-state index contributed by atoms with van der Waals surface area (Å²) in [5, 5.41) is 12.3. The zero-order chi connectivity index (χ0) is 31.2. The van der Waals surface area contributed by atoms with Crippen molar-refractivity contribution in [1.29, 1.82) is 0 Å². The molecule has 0 saturated heterocycles. The highest BCUT2D eigenvalue weighted by atomic mass is 32.1. The molecule has 0 unspecified atom stereocenters. The molecule has 0 aliphatic heterocycles. The average Bonchev–Trinajstić information content (AvgIpc) is 3.25. The minimum Gasteiger partial charge on any atom is -0.388 e. The van der Waals surface area contributed by atoms with Crippen LogP contribution in [0.3, 0.4) is 0 Å². The van der Waals surface area contributed by atoms with Crippen LogP contribution in [0.25, 0.3) is 0 Å². The Labute approximate surface area is 192 Å². The Bertz CT molecular complexity index is 1470. The number of nitrogens with zero attached hydrogens (tertiary/aromatic N) is 1. The lowest BCUT2D eigenvalue weighted by Crippen LogP contribution is -2.14. The maximum atomic E-state index is 12.7. The predicted octanol–water partition coefficient (Wildman–Crippen LogP) is 4.66. The first-order chi connectivity index (χ1) is 18.8. The first kappa shape index (κ1) is 10.4. The number of rotatable bonds is 9. The summed E-state index contributed by atoms with van der Waals surface area (Å²) in [7, 11) is 0. The number of hydrogen-bond acceptors (Lipinski definition) is 5. The van der Waals surface area contributed by atoms with Crippen molar-refractivity contribution in [2.45, 2.75) is 45.1 Å². The fourth-order valence-corrected chi connectivity index (χ4v) is 2.82. The number of aliphatic hydroxyl groups is 1. The van der Waals surface area contributed by atoms with E-state index in [2.05, 4.69) is 10.3 Å². The number of unbranched alkanes of at least 4 members (excludes halogenated alkanes) is 1. The largest absolute Gasteiger partial charge is 0.388 e. The molecule has 0 spiro atoms. The van der Waals surface area contributed by atoms with Crippen LogP contribution >= 0.6 is 11.3 Å². The molecule has 1 amide bonds. The molecule has 3 rings (SSSR count). The van der Waals surface area contributed by atoms with Crippen LogP contribution in [0.5, 0.6) is 0 Å². The fourth-order valence-electron chi connectivity index (χ4n) is 2.39. The van der Waals surface area contributed by atoms with Gasteiger partial charge in [0.25, 0.3) is 0 Å². The standard InChI is InChI=1S/C23H27N3O2S/c1-16-5-4-7-18(13-16)21(27)8-3-2-6-17-9-11-19(12-10-17)25-22(28)14-20-15-29-23(24)26-20/h4-5,7,9-13,15,21,27H,2-3,6,8,14H2,1H3,(H2,24,26)(H,25,28)/t21-/m0/s1/i4D,5D,7D,9D,10D,11D,12D,13D,14D2,15D,21D. The third-order valence-corrected chi connectivity index (χ3v) is 4.35. The van der Waals surface area contributed by atoms with Gasteiger partial charge in [-0.3, -0.25) is 4.79 Å². The molecule has 0 aliphatic rings. The number of benzene rings is 2. The van der Waals surface area contributed by atoms with Crippen LogP contribution in [-0.2, 0) is 17.6 Å². The van der Waals surface area contributed by atoms with Gasteiger partial charge < -0.3 is 16.2 Å². The van der Waals surface area contributed by atoms with Crippen molar-refractivity contribution in [2.24, 2.45) is 0 Å². The second-order valence-corrected chi connectivity index (χ2v) is 6.92. The third-order valence-electron chi connectivity index (χ3n) is 3.75. The molecule has 3 aromatic rings. The molecule has 6 heteroatoms. The van der Waals surface area contributed by atoms with E-state index in [1.54, 1.807) is 0 Å². The number of thiazole rings is 1. The van der Waals surface area contributed by atoms with Gasteiger partial charge in [0.2, 0.25) is 5.91 Å². The molecule has 0 aliphatic carbocycles. The Morgan fingerprint density at radius 3 is 2.86 bits per heavy atom. The fraction of sp³-hybridized carbons (Fsp3) is 0.304. The molecule has 0 fully saturated rings. The SMILES string of the molecule is [2H]c1sc(N)nc1C([2H])([2H])C(=O)Nc1c([2H])c([2H])c(CCCC[C@]([2H])(O)c2c([2H])c([2H])c([2H])c(C)c2[2H])c([2H])c1[2H]. The highest BCUT2D eigenvalue weighted by Gasteiger charge is 2.08. The molecule has 2 aromatic carbocycles. The minimum absolute atomic E-state index is 0.0135. The predicted molar refractivity (Wildman–Crippen MR) is 119 cm³/mol. The molecule has 1 aromatic heterocycles. The van der Waals surface area contributed by atoms with Crippen molar-refractivity contribution in [1.82, 2.24) is 4.98 Å². The molecular formula is C23H27N3O2S. The van der Waals surface area contributed by atoms with Gasteiger partial charge in [-0.1, -0.05) is 48.2 Å². The van der Waals surface area contributed by atoms with E-state index in [-0.39, 0.29) is 59.4 Å². The maximum Gasteiger partial charge on any atom is 0.230 e. The lowest BCUT2D eigenvalue weighted by molar-refractivity contribution is -0.115. The average molecular weight is 422 g/mol. The minimum atomic E-state index is -2.85. The Hall–Kier alpha value is -2.70. The first-order valence-electron chi connectivity index (χ1n) is 14.8. The van der Waals surface area contributed by atoms with Crippen LogP contribution in [0.2, 0.25) is 0 Å². The summed E-state index contributed by atoms with van der Waals surface area (Å²) in [6.45, 7) is 1.39. The Morgan fingerprint density at radius 2 is 2.14 bits per heavy atom. The van der Waals surface area contributed by atoms with Crippen LogP contribution in [0.4, 0.5) is 10.8 Å². The Balaban J connectivity index is 1.78. The molecule has 1 heterocycles. The third kappa shape index (κ3) is 6.69. The van der Waals surface area contributed by atoms with E-state index in [1.807, 2.05) is 0 Å². The monoisotopic (exact) mass is 421 g/mol. The first-order valence-corrected chi connectivity index (χ1v) is 9.60. The number of nitrogens with two attached hydrogens (primary N) is 1. The van der Waals surface area contributed by atoms with Gasteiger partial charge in [0.15, 0.2) is 5.13 Å². The number of hydrogen-bond donors (Lipinski definition) is 3. The topological polar surface area (TPSA) is 88.2 Å². The molecule has 29 heavy (non-hydrogen) atoms. The van der Waals surface area contributed by atoms with Crippen LogP contribution < -0.4 is 11.1 Å². The van der Waals surface area contributed by atoms with Crippen LogP contribution in [0.1, 0.15) is 64.2 Å². The highest BCUT2D eigenvalue weighted by molar-refractivity contribution is 7.13. The summed E-state index contributed by atoms with van der Waals surface area (Å²) < 4.78 is 97.3. The second-order valence-electron chi connectivity index (χ2n) is 6.09. The normalized spacial score (nSPS) is 19.4. The van der Waals surface area contributed by atoms with Crippen LogP contribution in [0.15, 0.2) is 53.7 Å². The van der Waals surface area contributed by atoms with E-state index >= 15 is 0 Å². The van der Waals surface area contributed by atoms with Gasteiger partial charge in [-0.15, -0.1) is 11.3 Å². The number of nitrogen functional groups attached to an aromatic ring is 1. The van der Waals surface area contributed by atoms with Gasteiger partial charge >= 0.3 is 0 Å². The molecule has 0 radical (unpaired) electrons. The summed E-state index contributed by atoms with van der Waals surface area (Å²) in [5.41, 5.74) is 4.05. The van der Waals surface area contributed by atoms with E-state index in [0.29, 0.717) is 11.3 Å². The highest BCUT2D eigenvalue weighted by Crippen LogP contribution is 2.21. The van der Waals surface area contributed by atoms with E-state index in [0.717, 1.165) is 0 Å². The molecular weight excluding hydrogens is 382 g/mol. The molecule has 1 atom stereocenters. The molecule has 4 N–H and O–H groups in total. The van der Waals surface area contributed by atoms with Crippen molar-refractivity contribution >= 4 is 28.1 Å². The smallest absolute Gasteiger partial charge is 0.230 e. The quantitative estimate of drug-likeness (QED) is 0.438. The summed E-state index contributed by atoms with van der Waals surface area (Å²) in [6, 6.07) is -4.00. The van der Waals surface area contributed by atoms with E-state index in [9.17, 15) is 9.90 Å². The zero-order valence-electron chi connectivity index (χ0n) is 27.6. The lowest BCUT2D eigenvalue weighted by Gasteiger charge is -2.11. The van der Waals surface area contributed by atoms with Crippen molar-refractivity contribution in [3.05, 3.63) is 76.1 Å². The summed E-state index contributed by atoms with van der Waals surface area (Å²) in [5.74, 6) is -1.35. The number of nitrogens with one attached hydrogen (secondary N) is 1. The van der Waals surface area contributed by atoms with Crippen LogP contribution in [-0.4, -0.2) is 16.0 Å². The van der Waals surface area contributed by atoms with Gasteiger partial charge in [-0.25, -0.2) is 4.98 Å². The number of amides is 1. The summed E-state index contributed by atoms with van der Waals surface area (Å²) >= 11 is 0.663. The van der Waals surface area contributed by atoms with E-state index in [1.165, 1.54) is 6.92 Å². The number of carbonyl (C=O) groups is 1. The van der Waals surface area contributed by atoms with Gasteiger partial charge in [0.1, 0.15) is 0 Å². The van der Waals surface area contributed by atoms with Crippen molar-refractivity contribution in [3.63, 3.8) is 0 Å². The lowest BCUT2D eigenvalue weighted by atomic mass is 10.00. The molecule has 5 nitrogen and oxygen atoms in total. The molecule has 152 valence electrons. The number of carbonyl (C=O) groups excluding carboxylic acids is 1. The summed E-state index contributed by atoms with van der Waals surface area (Å²) in [4.78, 5) is 16.4. The maximum absolute atomic E-state index is 12.7. The number of anilines is 2. The second kappa shape index (κ2) is 10.2. The number of aromatic nitrogens is 1. The molecule has 0 bridgehead atoms. The van der Waals surface area contributed by atoms with Gasteiger partial charge in [0.05, 0.1) is 31.9 Å². The Kier molecular flexibility index (Phi) is 3.64. The Morgan fingerprint density at radius 1 is 1.34 bits per heavy atom. The van der Waals surface area contributed by atoms with Crippen molar-refractivity contribution < 1.29 is 26.4 Å². The van der Waals surface area contributed by atoms with E-state index < -0.39 is 71.6 Å². The van der Waals surface area contributed by atoms with Gasteiger partial charge in [-0.05, 0) is 49.4 Å².